The van der Waals surface area contributed by atoms with Crippen molar-refractivity contribution in [2.24, 2.45) is 0 Å². The van der Waals surface area contributed by atoms with Gasteiger partial charge >= 0.3 is 0 Å². The lowest BCUT2D eigenvalue weighted by atomic mass is 9.86. The molecule has 2 aromatic carbocycles. The summed E-state index contributed by atoms with van der Waals surface area (Å²) < 4.78 is 29.8. The lowest BCUT2D eigenvalue weighted by Crippen LogP contribution is -2.40. The van der Waals surface area contributed by atoms with Crippen molar-refractivity contribution in [3.63, 3.8) is 0 Å². The molecule has 168 valence electrons. The van der Waals surface area contributed by atoms with Crippen LogP contribution < -0.4 is 4.74 Å². The molecule has 1 aliphatic rings. The Morgan fingerprint density at radius 3 is 2.23 bits per heavy atom. The highest BCUT2D eigenvalue weighted by molar-refractivity contribution is 7.91. The van der Waals surface area contributed by atoms with Crippen LogP contribution >= 0.6 is 0 Å². The number of sulfone groups is 1. The van der Waals surface area contributed by atoms with Crippen molar-refractivity contribution in [1.29, 1.82) is 0 Å². The van der Waals surface area contributed by atoms with Crippen molar-refractivity contribution < 1.29 is 17.9 Å². The Bertz CT molecular complexity index is 989. The highest BCUT2D eigenvalue weighted by Gasteiger charge is 2.35. The van der Waals surface area contributed by atoms with Gasteiger partial charge in [-0.15, -0.1) is 0 Å². The first kappa shape index (κ1) is 23.3. The molecule has 6 heteroatoms. The smallest absolute Gasteiger partial charge is 0.254 e. The van der Waals surface area contributed by atoms with Gasteiger partial charge in [-0.25, -0.2) is 8.42 Å². The lowest BCUT2D eigenvalue weighted by molar-refractivity contribution is 0.0681. The Morgan fingerprint density at radius 1 is 1.06 bits per heavy atom. The van der Waals surface area contributed by atoms with E-state index in [1.807, 2.05) is 19.1 Å². The molecule has 0 saturated carbocycles. The Kier molecular flexibility index (Phi) is 7.10. The van der Waals surface area contributed by atoms with Crippen LogP contribution in [0.25, 0.3) is 0 Å². The number of hydrogen-bond acceptors (Lipinski definition) is 4. The largest absolute Gasteiger partial charge is 0.494 e. The molecule has 1 atom stereocenters. The summed E-state index contributed by atoms with van der Waals surface area (Å²) in [5.41, 5.74) is 2.81. The van der Waals surface area contributed by atoms with Crippen LogP contribution in [-0.2, 0) is 21.8 Å². The molecule has 0 radical (unpaired) electrons. The number of amides is 1. The van der Waals surface area contributed by atoms with Crippen molar-refractivity contribution in [2.45, 2.75) is 58.5 Å². The summed E-state index contributed by atoms with van der Waals surface area (Å²) in [5, 5.41) is 0. The van der Waals surface area contributed by atoms with Crippen molar-refractivity contribution in [1.82, 2.24) is 4.90 Å². The molecule has 0 unspecified atom stereocenters. The zero-order chi connectivity index (χ0) is 22.6. The van der Waals surface area contributed by atoms with E-state index >= 15 is 0 Å². The van der Waals surface area contributed by atoms with E-state index in [4.69, 9.17) is 4.74 Å². The van der Waals surface area contributed by atoms with Crippen LogP contribution in [0.5, 0.6) is 5.75 Å². The van der Waals surface area contributed by atoms with Crippen LogP contribution in [0.3, 0.4) is 0 Å². The van der Waals surface area contributed by atoms with Gasteiger partial charge in [0.2, 0.25) is 0 Å². The molecule has 31 heavy (non-hydrogen) atoms. The van der Waals surface area contributed by atoms with Gasteiger partial charge < -0.3 is 9.64 Å². The van der Waals surface area contributed by atoms with Gasteiger partial charge in [0.25, 0.3) is 5.91 Å². The molecular formula is C25H33NO4S. The first-order valence-corrected chi connectivity index (χ1v) is 12.7. The molecule has 1 amide bonds. The molecule has 0 aliphatic carbocycles. The molecule has 0 N–H and O–H groups in total. The number of rotatable bonds is 7. The lowest BCUT2D eigenvalue weighted by Gasteiger charge is -2.29. The number of carbonyl (C=O) groups excluding carboxylic acids is 1. The predicted octanol–water partition coefficient (Wildman–Crippen LogP) is 4.60. The first-order valence-electron chi connectivity index (χ1n) is 10.9. The first-order chi connectivity index (χ1) is 14.6. The number of hydrogen-bond donors (Lipinski definition) is 0. The Morgan fingerprint density at radius 2 is 1.71 bits per heavy atom. The molecule has 0 aromatic heterocycles. The van der Waals surface area contributed by atoms with Crippen LogP contribution in [0.1, 0.15) is 62.0 Å². The van der Waals surface area contributed by atoms with Crippen molar-refractivity contribution in [3.8, 4) is 5.75 Å². The van der Waals surface area contributed by atoms with Crippen LogP contribution in [0.2, 0.25) is 0 Å². The molecule has 2 aromatic rings. The second kappa shape index (κ2) is 9.43. The summed E-state index contributed by atoms with van der Waals surface area (Å²) >= 11 is 0. The van der Waals surface area contributed by atoms with Gasteiger partial charge in [-0.1, -0.05) is 52.0 Å². The molecule has 5 nitrogen and oxygen atoms in total. The average Bonchev–Trinajstić information content (AvgIpc) is 3.09. The van der Waals surface area contributed by atoms with Gasteiger partial charge in [0, 0.05) is 18.2 Å². The standard InChI is InChI=1S/C25H33NO4S/c1-5-15-30-23-12-8-20(9-13-23)24(27)26(22-14-16-31(28,29)18-22)17-19-6-10-21(11-7-19)25(2,3)4/h6-13,22H,5,14-18H2,1-4H3/t22-/m0/s1. The third kappa shape index (κ3) is 6.10. The van der Waals surface area contributed by atoms with E-state index in [2.05, 4.69) is 32.9 Å². The molecule has 1 aliphatic heterocycles. The van der Waals surface area contributed by atoms with Gasteiger partial charge in [-0.2, -0.15) is 0 Å². The monoisotopic (exact) mass is 443 g/mol. The van der Waals surface area contributed by atoms with Gasteiger partial charge in [0.15, 0.2) is 9.84 Å². The summed E-state index contributed by atoms with van der Waals surface area (Å²) in [6.07, 6.45) is 1.39. The minimum atomic E-state index is -3.11. The molecule has 1 heterocycles. The van der Waals surface area contributed by atoms with E-state index in [9.17, 15) is 13.2 Å². The topological polar surface area (TPSA) is 63.7 Å². The highest BCUT2D eigenvalue weighted by atomic mass is 32.2. The van der Waals surface area contributed by atoms with E-state index < -0.39 is 9.84 Å². The Labute approximate surface area is 186 Å². The Hall–Kier alpha value is -2.34. The molecule has 0 spiro atoms. The van der Waals surface area contributed by atoms with Gasteiger partial charge in [0.1, 0.15) is 5.75 Å². The maximum absolute atomic E-state index is 13.4. The summed E-state index contributed by atoms with van der Waals surface area (Å²) in [6, 6.07) is 15.0. The highest BCUT2D eigenvalue weighted by Crippen LogP contribution is 2.26. The second-order valence-electron chi connectivity index (χ2n) is 9.31. The van der Waals surface area contributed by atoms with Crippen LogP contribution in [-0.4, -0.2) is 43.4 Å². The number of ether oxygens (including phenoxy) is 1. The van der Waals surface area contributed by atoms with E-state index in [-0.39, 0.29) is 28.9 Å². The average molecular weight is 444 g/mol. The van der Waals surface area contributed by atoms with E-state index in [1.54, 1.807) is 29.2 Å². The molecule has 1 fully saturated rings. The zero-order valence-corrected chi connectivity index (χ0v) is 19.7. The van der Waals surface area contributed by atoms with E-state index in [0.29, 0.717) is 25.1 Å². The number of nitrogens with zero attached hydrogens (tertiary/aromatic N) is 1. The summed E-state index contributed by atoms with van der Waals surface area (Å²) in [6.45, 7) is 9.54. The maximum atomic E-state index is 13.4. The fourth-order valence-corrected chi connectivity index (χ4v) is 5.50. The number of carbonyl (C=O) groups is 1. The summed E-state index contributed by atoms with van der Waals surface area (Å²) in [7, 11) is -3.11. The SMILES string of the molecule is CCCOc1ccc(C(=O)N(Cc2ccc(C(C)(C)C)cc2)[C@H]2CCS(=O)(=O)C2)cc1. The van der Waals surface area contributed by atoms with Gasteiger partial charge in [-0.3, -0.25) is 4.79 Å². The molecule has 1 saturated heterocycles. The molecule has 0 bridgehead atoms. The predicted molar refractivity (Wildman–Crippen MR) is 124 cm³/mol. The van der Waals surface area contributed by atoms with E-state index in [0.717, 1.165) is 17.7 Å². The van der Waals surface area contributed by atoms with Crippen molar-refractivity contribution in [3.05, 3.63) is 65.2 Å². The van der Waals surface area contributed by atoms with Crippen LogP contribution in [0.4, 0.5) is 0 Å². The number of benzene rings is 2. The van der Waals surface area contributed by atoms with Crippen molar-refractivity contribution in [2.75, 3.05) is 18.1 Å². The van der Waals surface area contributed by atoms with Gasteiger partial charge in [-0.05, 0) is 53.6 Å². The second-order valence-corrected chi connectivity index (χ2v) is 11.5. The summed E-state index contributed by atoms with van der Waals surface area (Å²) in [4.78, 5) is 15.1. The third-order valence-electron chi connectivity index (χ3n) is 5.66. The quantitative estimate of drug-likeness (QED) is 0.627. The third-order valence-corrected chi connectivity index (χ3v) is 7.41. The molecular weight excluding hydrogens is 410 g/mol. The fourth-order valence-electron chi connectivity index (χ4n) is 3.77. The van der Waals surface area contributed by atoms with Crippen LogP contribution in [0, 0.1) is 0 Å². The fraction of sp³-hybridized carbons (Fsp3) is 0.480. The Balaban J connectivity index is 1.83. The maximum Gasteiger partial charge on any atom is 0.254 e. The summed E-state index contributed by atoms with van der Waals surface area (Å²) in [5.74, 6) is 0.736. The zero-order valence-electron chi connectivity index (χ0n) is 18.9. The van der Waals surface area contributed by atoms with Crippen molar-refractivity contribution >= 4 is 15.7 Å². The van der Waals surface area contributed by atoms with Gasteiger partial charge in [0.05, 0.1) is 18.1 Å². The normalized spacial score (nSPS) is 18.0. The van der Waals surface area contributed by atoms with Crippen LogP contribution in [0.15, 0.2) is 48.5 Å². The minimum absolute atomic E-state index is 0.0243. The van der Waals surface area contributed by atoms with E-state index in [1.165, 1.54) is 5.56 Å². The minimum Gasteiger partial charge on any atom is -0.494 e. The molecule has 3 rings (SSSR count).